The van der Waals surface area contributed by atoms with Crippen molar-refractivity contribution < 1.29 is 13.9 Å². The highest BCUT2D eigenvalue weighted by Gasteiger charge is 2.18. The molecule has 1 amide bonds. The third-order valence-corrected chi connectivity index (χ3v) is 4.18. The van der Waals surface area contributed by atoms with Crippen LogP contribution in [0.5, 0.6) is 5.75 Å². The number of carbonyl (C=O) groups excluding carboxylic acids is 1. The molecule has 1 atom stereocenters. The Morgan fingerprint density at radius 1 is 1.39 bits per heavy atom. The minimum absolute atomic E-state index is 0.108. The molecule has 0 saturated carbocycles. The van der Waals surface area contributed by atoms with E-state index < -0.39 is 11.7 Å². The zero-order valence-electron chi connectivity index (χ0n) is 12.7. The number of fused-ring (bicyclic) bond motifs is 1. The molecule has 0 fully saturated rings. The molecule has 2 aromatic carbocycles. The first kappa shape index (κ1) is 15.8. The minimum Gasteiger partial charge on any atom is -0.493 e. The van der Waals surface area contributed by atoms with Gasteiger partial charge in [0.05, 0.1) is 17.2 Å². The number of halogens is 2. The van der Waals surface area contributed by atoms with Crippen molar-refractivity contribution in [3.63, 3.8) is 0 Å². The van der Waals surface area contributed by atoms with E-state index in [2.05, 4.69) is 11.4 Å². The predicted molar refractivity (Wildman–Crippen MR) is 87.7 cm³/mol. The Bertz CT molecular complexity index is 728. The summed E-state index contributed by atoms with van der Waals surface area (Å²) in [6.45, 7) is 2.60. The van der Waals surface area contributed by atoms with Gasteiger partial charge in [0.1, 0.15) is 11.6 Å². The van der Waals surface area contributed by atoms with E-state index >= 15 is 0 Å². The van der Waals surface area contributed by atoms with Crippen LogP contribution in [-0.4, -0.2) is 18.6 Å². The maximum absolute atomic E-state index is 13.8. The van der Waals surface area contributed by atoms with Crippen molar-refractivity contribution in [1.82, 2.24) is 5.32 Å². The third kappa shape index (κ3) is 3.48. The number of carbonyl (C=O) groups is 1. The summed E-state index contributed by atoms with van der Waals surface area (Å²) < 4.78 is 19.3. The molecular formula is C18H17ClFNO2. The van der Waals surface area contributed by atoms with Crippen LogP contribution in [0.4, 0.5) is 4.39 Å². The minimum atomic E-state index is -0.614. The number of hydrogen-bond acceptors (Lipinski definition) is 2. The lowest BCUT2D eigenvalue weighted by Crippen LogP contribution is -2.34. The van der Waals surface area contributed by atoms with Crippen molar-refractivity contribution in [3.05, 3.63) is 63.9 Å². The van der Waals surface area contributed by atoms with Gasteiger partial charge in [-0.25, -0.2) is 4.39 Å². The fourth-order valence-corrected chi connectivity index (χ4v) is 3.03. The van der Waals surface area contributed by atoms with E-state index in [1.165, 1.54) is 23.8 Å². The van der Waals surface area contributed by atoms with Gasteiger partial charge < -0.3 is 10.1 Å². The van der Waals surface area contributed by atoms with Crippen molar-refractivity contribution in [1.29, 1.82) is 0 Å². The first-order valence-corrected chi connectivity index (χ1v) is 7.92. The Kier molecular flexibility index (Phi) is 4.53. The highest BCUT2D eigenvalue weighted by atomic mass is 35.5. The lowest BCUT2D eigenvalue weighted by Gasteiger charge is -2.15. The Labute approximate surface area is 139 Å². The first-order chi connectivity index (χ1) is 11.0. The number of nitrogens with one attached hydrogen (secondary N) is 1. The summed E-state index contributed by atoms with van der Waals surface area (Å²) in [5, 5.41) is 2.91. The lowest BCUT2D eigenvalue weighted by molar-refractivity contribution is 0.0936. The summed E-state index contributed by atoms with van der Waals surface area (Å²) in [5.41, 5.74) is 2.20. The van der Waals surface area contributed by atoms with Crippen molar-refractivity contribution >= 4 is 17.5 Å². The van der Waals surface area contributed by atoms with Gasteiger partial charge in [0.25, 0.3) is 5.91 Å². The van der Waals surface area contributed by atoms with Crippen molar-refractivity contribution in [2.45, 2.75) is 25.8 Å². The molecule has 1 heterocycles. The van der Waals surface area contributed by atoms with Crippen LogP contribution in [0.2, 0.25) is 5.02 Å². The van der Waals surface area contributed by atoms with Crippen molar-refractivity contribution in [2.75, 3.05) is 6.61 Å². The second-order valence-corrected chi connectivity index (χ2v) is 6.12. The van der Waals surface area contributed by atoms with Gasteiger partial charge in [-0.15, -0.1) is 0 Å². The highest BCUT2D eigenvalue weighted by Crippen LogP contribution is 2.26. The van der Waals surface area contributed by atoms with Crippen LogP contribution in [0.15, 0.2) is 36.4 Å². The molecule has 1 aliphatic rings. The smallest absolute Gasteiger partial charge is 0.255 e. The molecule has 1 N–H and O–H groups in total. The Hall–Kier alpha value is -2.07. The van der Waals surface area contributed by atoms with Crippen LogP contribution in [0.1, 0.15) is 28.4 Å². The van der Waals surface area contributed by atoms with Crippen LogP contribution in [0.3, 0.4) is 0 Å². The zero-order valence-corrected chi connectivity index (χ0v) is 13.5. The number of amides is 1. The van der Waals surface area contributed by atoms with E-state index in [-0.39, 0.29) is 16.6 Å². The summed E-state index contributed by atoms with van der Waals surface area (Å²) in [6.07, 6.45) is 1.57. The first-order valence-electron chi connectivity index (χ1n) is 7.54. The summed E-state index contributed by atoms with van der Waals surface area (Å²) >= 11 is 5.92. The second kappa shape index (κ2) is 6.59. The van der Waals surface area contributed by atoms with Gasteiger partial charge in [0, 0.05) is 12.5 Å². The topological polar surface area (TPSA) is 38.3 Å². The lowest BCUT2D eigenvalue weighted by atomic mass is 10.0. The SMILES string of the molecule is C[C@H](Cc1ccc2c(c1)CCO2)NC(=O)c1c(F)cccc1Cl. The van der Waals surface area contributed by atoms with Crippen LogP contribution >= 0.6 is 11.6 Å². The van der Waals surface area contributed by atoms with Gasteiger partial charge in [-0.2, -0.15) is 0 Å². The van der Waals surface area contributed by atoms with Gasteiger partial charge in [-0.1, -0.05) is 29.8 Å². The van der Waals surface area contributed by atoms with Crippen LogP contribution in [-0.2, 0) is 12.8 Å². The van der Waals surface area contributed by atoms with Crippen LogP contribution < -0.4 is 10.1 Å². The second-order valence-electron chi connectivity index (χ2n) is 5.72. The van der Waals surface area contributed by atoms with Crippen LogP contribution in [0.25, 0.3) is 0 Å². The predicted octanol–water partition coefficient (Wildman–Crippen LogP) is 3.78. The van der Waals surface area contributed by atoms with Gasteiger partial charge in [-0.05, 0) is 42.7 Å². The molecule has 5 heteroatoms. The van der Waals surface area contributed by atoms with Gasteiger partial charge in [0.15, 0.2) is 0 Å². The number of benzene rings is 2. The van der Waals surface area contributed by atoms with Gasteiger partial charge >= 0.3 is 0 Å². The third-order valence-electron chi connectivity index (χ3n) is 3.86. The monoisotopic (exact) mass is 333 g/mol. The molecule has 3 nitrogen and oxygen atoms in total. The number of rotatable bonds is 4. The molecule has 0 radical (unpaired) electrons. The van der Waals surface area contributed by atoms with Gasteiger partial charge in [0.2, 0.25) is 0 Å². The largest absolute Gasteiger partial charge is 0.493 e. The van der Waals surface area contributed by atoms with Crippen molar-refractivity contribution in [2.24, 2.45) is 0 Å². The summed E-state index contributed by atoms with van der Waals surface area (Å²) in [6, 6.07) is 10.1. The maximum Gasteiger partial charge on any atom is 0.255 e. The molecule has 0 spiro atoms. The summed E-state index contributed by atoms with van der Waals surface area (Å²) in [4.78, 5) is 12.2. The Morgan fingerprint density at radius 3 is 3.00 bits per heavy atom. The van der Waals surface area contributed by atoms with E-state index in [0.717, 1.165) is 24.3 Å². The van der Waals surface area contributed by atoms with E-state index in [4.69, 9.17) is 16.3 Å². The molecule has 0 aromatic heterocycles. The quantitative estimate of drug-likeness (QED) is 0.924. The normalized spacial score (nSPS) is 14.0. The fraction of sp³-hybridized carbons (Fsp3) is 0.278. The molecule has 3 rings (SSSR count). The average Bonchev–Trinajstić information content (AvgIpc) is 2.94. The van der Waals surface area contributed by atoms with E-state index in [0.29, 0.717) is 6.42 Å². The summed E-state index contributed by atoms with van der Waals surface area (Å²) in [7, 11) is 0. The molecule has 0 unspecified atom stereocenters. The Morgan fingerprint density at radius 2 is 2.22 bits per heavy atom. The molecular weight excluding hydrogens is 317 g/mol. The summed E-state index contributed by atoms with van der Waals surface area (Å²) in [5.74, 6) is -0.175. The van der Waals surface area contributed by atoms with E-state index in [9.17, 15) is 9.18 Å². The highest BCUT2D eigenvalue weighted by molar-refractivity contribution is 6.33. The molecule has 2 aromatic rings. The van der Waals surface area contributed by atoms with E-state index in [1.807, 2.05) is 19.1 Å². The molecule has 0 aliphatic carbocycles. The average molecular weight is 334 g/mol. The van der Waals surface area contributed by atoms with Crippen molar-refractivity contribution in [3.8, 4) is 5.75 Å². The van der Waals surface area contributed by atoms with E-state index in [1.54, 1.807) is 0 Å². The molecule has 23 heavy (non-hydrogen) atoms. The maximum atomic E-state index is 13.8. The standard InChI is InChI=1S/C18H17ClFNO2/c1-11(9-12-5-6-16-13(10-12)7-8-23-16)21-18(22)17-14(19)3-2-4-15(17)20/h2-6,10-11H,7-9H2,1H3,(H,21,22)/t11-/m1/s1. The molecule has 1 aliphatic heterocycles. The number of ether oxygens (including phenoxy) is 1. The Balaban J connectivity index is 1.67. The molecule has 0 saturated heterocycles. The van der Waals surface area contributed by atoms with Crippen LogP contribution in [0, 0.1) is 5.82 Å². The molecule has 0 bridgehead atoms. The fourth-order valence-electron chi connectivity index (χ4n) is 2.78. The number of hydrogen-bond donors (Lipinski definition) is 1. The van der Waals surface area contributed by atoms with Gasteiger partial charge in [-0.3, -0.25) is 4.79 Å². The molecule has 120 valence electrons. The zero-order chi connectivity index (χ0) is 16.4.